The minimum atomic E-state index is -2.08. The third kappa shape index (κ3) is 37.3. The number of unbranched alkanes of at least 4 members (excludes halogenated alkanes) is 3. The molecule has 23 N–H and O–H groups in total. The molecule has 1 aliphatic heterocycles. The first-order chi connectivity index (χ1) is 23.7. The van der Waals surface area contributed by atoms with Crippen LogP contribution in [0.4, 0.5) is 9.59 Å². The van der Waals surface area contributed by atoms with E-state index in [-0.39, 0.29) is 78.0 Å². The fourth-order valence-corrected chi connectivity index (χ4v) is 3.33. The topological polar surface area (TPSA) is 465 Å². The molecular formula is C27H60Cl2N12O11Pt2. The summed E-state index contributed by atoms with van der Waals surface area (Å²) >= 11 is 0. The molecule has 2 aromatic heterocycles. The maximum Gasteiger partial charge on any atom is 2.00 e. The Morgan fingerprint density at radius 2 is 1.11 bits per heavy atom. The van der Waals surface area contributed by atoms with E-state index in [4.69, 9.17) is 86.4 Å². The number of hydrogen-bond donors (Lipinski definition) is 14. The third-order valence-electron chi connectivity index (χ3n) is 5.52. The maximum atomic E-state index is 12.6. The summed E-state index contributed by atoms with van der Waals surface area (Å²) in [6.07, 6.45) is -1.30. The van der Waals surface area contributed by atoms with Gasteiger partial charge in [0.2, 0.25) is 12.3 Å². The van der Waals surface area contributed by atoms with Gasteiger partial charge >= 0.3 is 42.1 Å². The fraction of sp³-hybridized carbons (Fsp3) is 0.704. The quantitative estimate of drug-likeness (QED) is 0.0878. The number of carboxylic acid groups (broad SMARTS) is 4. The summed E-state index contributed by atoms with van der Waals surface area (Å²) in [5, 5.41) is 59.9. The zero-order valence-corrected chi connectivity index (χ0v) is 35.8. The van der Waals surface area contributed by atoms with Crippen molar-refractivity contribution in [3.8, 4) is 0 Å². The van der Waals surface area contributed by atoms with Crippen molar-refractivity contribution in [3.63, 3.8) is 0 Å². The number of fused-ring (bicyclic) bond motifs is 1. The monoisotopic (exact) mass is 1190 g/mol. The van der Waals surface area contributed by atoms with E-state index in [0.717, 1.165) is 25.7 Å². The number of nitrogens with two attached hydrogens (primary N) is 9. The van der Waals surface area contributed by atoms with E-state index in [1.165, 1.54) is 10.9 Å². The number of aryl methyl sites for hydroxylation is 1. The Bertz CT molecular complexity index is 1110. The number of ether oxygens (including phenoxy) is 1. The summed E-state index contributed by atoms with van der Waals surface area (Å²) in [4.78, 5) is 33.7. The summed E-state index contributed by atoms with van der Waals surface area (Å²) in [6, 6.07) is 1.75. The number of pyridine rings is 1. The first-order valence-electron chi connectivity index (χ1n) is 15.5. The molecule has 2 aromatic rings. The van der Waals surface area contributed by atoms with Crippen LogP contribution >= 0.6 is 0 Å². The average molecular weight is 1190 g/mol. The molecule has 23 nitrogen and oxygen atoms in total. The van der Waals surface area contributed by atoms with Gasteiger partial charge in [-0.3, -0.25) is 4.79 Å². The molecule has 3 rings (SSSR count). The molecule has 1 saturated heterocycles. The van der Waals surface area contributed by atoms with Crippen LogP contribution in [0.5, 0.6) is 0 Å². The van der Waals surface area contributed by atoms with E-state index in [1.807, 2.05) is 0 Å². The number of rotatable bonds is 12. The molecule has 0 aromatic carbocycles. The van der Waals surface area contributed by atoms with E-state index in [1.54, 1.807) is 16.8 Å². The van der Waals surface area contributed by atoms with Crippen LogP contribution in [0.1, 0.15) is 31.9 Å². The summed E-state index contributed by atoms with van der Waals surface area (Å²) in [5.41, 5.74) is 45.3. The molecule has 0 saturated carbocycles. The number of nitrogens with zero attached hydrogens (tertiary/aromatic N) is 3. The Morgan fingerprint density at radius 1 is 0.722 bits per heavy atom. The Kier molecular flexibility index (Phi) is 64.3. The molecule has 0 amide bonds. The van der Waals surface area contributed by atoms with Crippen LogP contribution in [0, 0.1) is 0 Å². The van der Waals surface area contributed by atoms with Crippen molar-refractivity contribution < 1.29 is 117 Å². The second kappa shape index (κ2) is 49.4. The van der Waals surface area contributed by atoms with Crippen LogP contribution in [0.25, 0.3) is 11.0 Å². The van der Waals surface area contributed by atoms with Gasteiger partial charge in [-0.05, 0) is 25.5 Å². The van der Waals surface area contributed by atoms with Crippen LogP contribution in [0.15, 0.2) is 23.4 Å². The Balaban J connectivity index is -0.000000104. The largest absolute Gasteiger partial charge is 2.00 e. The second-order valence-corrected chi connectivity index (χ2v) is 9.47. The van der Waals surface area contributed by atoms with Gasteiger partial charge in [0, 0.05) is 65.1 Å². The van der Waals surface area contributed by atoms with Gasteiger partial charge in [-0.2, -0.15) is 0 Å². The number of halogens is 2. The third-order valence-corrected chi connectivity index (χ3v) is 5.52. The van der Waals surface area contributed by atoms with Crippen LogP contribution in [-0.4, -0.2) is 136 Å². The number of imidazole rings is 1. The molecule has 0 spiro atoms. The van der Waals surface area contributed by atoms with Gasteiger partial charge in [0.15, 0.2) is 11.7 Å². The maximum absolute atomic E-state index is 12.6. The minimum Gasteiger partial charge on any atom is -1.00 e. The van der Waals surface area contributed by atoms with Gasteiger partial charge in [0.1, 0.15) is 18.3 Å². The van der Waals surface area contributed by atoms with E-state index in [0.29, 0.717) is 71.0 Å². The van der Waals surface area contributed by atoms with E-state index in [9.17, 15) is 20.1 Å². The smallest absolute Gasteiger partial charge is 1.00 e. The number of aromatic nitrogens is 3. The first kappa shape index (κ1) is 70.2. The first-order valence-corrected chi connectivity index (χ1v) is 15.5. The van der Waals surface area contributed by atoms with Crippen molar-refractivity contribution in [2.45, 2.75) is 56.8 Å². The molecule has 0 bridgehead atoms. The predicted octanol–water partition coefficient (Wildman–Crippen LogP) is -13.3. The zero-order chi connectivity index (χ0) is 39.5. The molecule has 0 aliphatic carbocycles. The second-order valence-electron chi connectivity index (χ2n) is 9.47. The molecule has 4 atom stereocenters. The molecular weight excluding hydrogens is 1130 g/mol. The van der Waals surface area contributed by atoms with Crippen LogP contribution in [-0.2, 0) is 53.4 Å². The van der Waals surface area contributed by atoms with Crippen molar-refractivity contribution in [3.05, 3.63) is 28.9 Å². The Morgan fingerprint density at radius 3 is 1.44 bits per heavy atom. The van der Waals surface area contributed by atoms with Crippen molar-refractivity contribution in [1.82, 2.24) is 14.1 Å². The zero-order valence-electron chi connectivity index (χ0n) is 29.8. The minimum absolute atomic E-state index is 0. The molecule has 328 valence electrons. The standard InChI is InChI=1S/C17H26N4O5.4C2H8N2.2CH2O3.2ClH.2Pt/c18-6-3-1-2-4-7-20-8-5-11-13(16(20)25)19-10-21(11)17-15(24)14(23)12(9-22)26-17;4*3-1-2-4;2*2-1(3)4;;;;/h5,8,10,12,14-15,17,22-24H,1-4,6-7,9,18H2;4*1-4H2;2*(H2,2,3,4);2*1H;;/q;;;;;;;;;2*+2/p-4/t12-,14-,15-,17-;;;;;;;;;;/m1........../s1. The van der Waals surface area contributed by atoms with Gasteiger partial charge in [0.25, 0.3) is 5.56 Å². The molecule has 1 aliphatic rings. The SMILES string of the molecule is NCCCCCCn1ccc2c(ncn2[C@@H]2O[C@H](CO)[C@@H](O)[C@H]2O)c1=O.NCCN.NCCN.NCCN.NCCN.O=C([O-])O.O=C([O-])O.[Cl-].[Cl-].[Pt+2].[Pt+2]. The van der Waals surface area contributed by atoms with Crippen LogP contribution in [0.2, 0.25) is 0 Å². The summed E-state index contributed by atoms with van der Waals surface area (Å²) in [6.45, 7) is 5.67. The van der Waals surface area contributed by atoms with E-state index in [2.05, 4.69) is 4.98 Å². The molecule has 0 unspecified atom stereocenters. The van der Waals surface area contributed by atoms with Crippen molar-refractivity contribution in [1.29, 1.82) is 0 Å². The van der Waals surface area contributed by atoms with E-state index < -0.39 is 43.5 Å². The van der Waals surface area contributed by atoms with Gasteiger partial charge in [-0.15, -0.1) is 0 Å². The van der Waals surface area contributed by atoms with E-state index >= 15 is 0 Å². The normalized spacial score (nSPS) is 15.6. The predicted molar refractivity (Wildman–Crippen MR) is 183 cm³/mol. The van der Waals surface area contributed by atoms with Gasteiger partial charge in [-0.1, -0.05) is 12.8 Å². The Hall–Kier alpha value is -1.60. The number of aliphatic hydroxyl groups excluding tert-OH is 3. The molecule has 27 heteroatoms. The van der Waals surface area contributed by atoms with Crippen molar-refractivity contribution >= 4 is 23.3 Å². The van der Waals surface area contributed by atoms with Gasteiger partial charge in [0.05, 0.1) is 18.5 Å². The van der Waals surface area contributed by atoms with Gasteiger partial charge < -0.3 is 136 Å². The van der Waals surface area contributed by atoms with Crippen molar-refractivity contribution in [2.24, 2.45) is 51.6 Å². The summed E-state index contributed by atoms with van der Waals surface area (Å²) in [5.74, 6) is 0. The van der Waals surface area contributed by atoms with Crippen LogP contribution in [0.3, 0.4) is 0 Å². The molecule has 3 heterocycles. The molecule has 54 heavy (non-hydrogen) atoms. The van der Waals surface area contributed by atoms with Crippen LogP contribution < -0.4 is 92.2 Å². The van der Waals surface area contributed by atoms with Gasteiger partial charge in [-0.25, -0.2) is 4.98 Å². The molecule has 1 fully saturated rings. The fourth-order valence-electron chi connectivity index (χ4n) is 3.33. The molecule has 0 radical (unpaired) electrons. The summed E-state index contributed by atoms with van der Waals surface area (Å²) in [7, 11) is 0. The number of carbonyl (C=O) groups is 2. The number of aliphatic hydroxyl groups is 3. The summed E-state index contributed by atoms with van der Waals surface area (Å²) < 4.78 is 8.66. The number of hydrogen-bond acceptors (Lipinski definition) is 19. The van der Waals surface area contributed by atoms with Crippen molar-refractivity contribution in [2.75, 3.05) is 65.5 Å². The average Bonchev–Trinajstić information content (AvgIpc) is 3.65. The Labute approximate surface area is 355 Å².